The fourth-order valence-corrected chi connectivity index (χ4v) is 1.61. The molecule has 0 amide bonds. The Morgan fingerprint density at radius 3 is 2.57 bits per heavy atom. The predicted octanol–water partition coefficient (Wildman–Crippen LogP) is 2.05. The van der Waals surface area contributed by atoms with Crippen molar-refractivity contribution in [2.24, 2.45) is 5.92 Å². The third kappa shape index (κ3) is 3.50. The van der Waals surface area contributed by atoms with Gasteiger partial charge in [0, 0.05) is 0 Å². The molecule has 4 heteroatoms. The van der Waals surface area contributed by atoms with E-state index in [1.54, 1.807) is 0 Å². The molecule has 0 radical (unpaired) electrons. The summed E-state index contributed by atoms with van der Waals surface area (Å²) in [6.07, 6.45) is 3.44. The molecule has 0 heterocycles. The van der Waals surface area contributed by atoms with Crippen molar-refractivity contribution in [1.29, 1.82) is 0 Å². The number of ether oxygens (including phenoxy) is 1. The second-order valence-corrected chi connectivity index (χ2v) is 4.09. The van der Waals surface area contributed by atoms with Gasteiger partial charge < -0.3 is 10.1 Å². The number of hydrogen-bond donors (Lipinski definition) is 1. The van der Waals surface area contributed by atoms with Crippen LogP contribution in [-0.4, -0.2) is 32.2 Å². The lowest BCUT2D eigenvalue weighted by Gasteiger charge is -2.32. The van der Waals surface area contributed by atoms with Crippen molar-refractivity contribution in [3.8, 4) is 0 Å². The molecule has 1 rings (SSSR count). The summed E-state index contributed by atoms with van der Waals surface area (Å²) in [5.74, 6) is -2.24. The SMILES string of the molecule is CNCC(F)(F)COC(C)C1CCC1. The van der Waals surface area contributed by atoms with E-state index in [9.17, 15) is 8.78 Å². The number of nitrogens with one attached hydrogen (secondary N) is 1. The molecule has 1 aliphatic rings. The van der Waals surface area contributed by atoms with Gasteiger partial charge >= 0.3 is 0 Å². The van der Waals surface area contributed by atoms with Gasteiger partial charge in [-0.15, -0.1) is 0 Å². The van der Waals surface area contributed by atoms with Crippen molar-refractivity contribution in [1.82, 2.24) is 5.32 Å². The van der Waals surface area contributed by atoms with Crippen molar-refractivity contribution in [2.45, 2.75) is 38.2 Å². The summed E-state index contributed by atoms with van der Waals surface area (Å²) < 4.78 is 31.1. The van der Waals surface area contributed by atoms with E-state index in [-0.39, 0.29) is 12.6 Å². The largest absolute Gasteiger partial charge is 0.372 e. The van der Waals surface area contributed by atoms with Gasteiger partial charge in [0.2, 0.25) is 0 Å². The van der Waals surface area contributed by atoms with E-state index in [4.69, 9.17) is 4.74 Å². The zero-order chi connectivity index (χ0) is 10.6. The quantitative estimate of drug-likeness (QED) is 0.719. The minimum absolute atomic E-state index is 0.0218. The van der Waals surface area contributed by atoms with E-state index in [0.29, 0.717) is 5.92 Å². The summed E-state index contributed by atoms with van der Waals surface area (Å²) in [6, 6.07) is 0. The number of halogens is 2. The summed E-state index contributed by atoms with van der Waals surface area (Å²) >= 11 is 0. The molecule has 0 aromatic rings. The molecule has 0 aromatic heterocycles. The van der Waals surface area contributed by atoms with Crippen molar-refractivity contribution >= 4 is 0 Å². The Morgan fingerprint density at radius 2 is 2.14 bits per heavy atom. The highest BCUT2D eigenvalue weighted by atomic mass is 19.3. The maximum atomic E-state index is 13.0. The molecule has 0 bridgehead atoms. The van der Waals surface area contributed by atoms with Crippen LogP contribution in [0.1, 0.15) is 26.2 Å². The van der Waals surface area contributed by atoms with Gasteiger partial charge in [0.1, 0.15) is 6.61 Å². The lowest BCUT2D eigenvalue weighted by Crippen LogP contribution is -2.38. The third-order valence-corrected chi connectivity index (χ3v) is 2.81. The predicted molar refractivity (Wildman–Crippen MR) is 51.6 cm³/mol. The van der Waals surface area contributed by atoms with Crippen LogP contribution in [0.25, 0.3) is 0 Å². The van der Waals surface area contributed by atoms with Crippen LogP contribution in [0.2, 0.25) is 0 Å². The highest BCUT2D eigenvalue weighted by molar-refractivity contribution is 4.76. The first-order chi connectivity index (χ1) is 6.55. The van der Waals surface area contributed by atoms with Gasteiger partial charge in [-0.1, -0.05) is 6.42 Å². The average Bonchev–Trinajstić information content (AvgIpc) is 1.98. The van der Waals surface area contributed by atoms with Crippen LogP contribution < -0.4 is 5.32 Å². The third-order valence-electron chi connectivity index (χ3n) is 2.81. The van der Waals surface area contributed by atoms with Crippen molar-refractivity contribution in [2.75, 3.05) is 20.2 Å². The van der Waals surface area contributed by atoms with Gasteiger partial charge in [0.25, 0.3) is 5.92 Å². The topological polar surface area (TPSA) is 21.3 Å². The molecule has 84 valence electrons. The maximum Gasteiger partial charge on any atom is 0.283 e. The molecular formula is C10H19F2NO. The van der Waals surface area contributed by atoms with E-state index in [0.717, 1.165) is 12.8 Å². The van der Waals surface area contributed by atoms with Gasteiger partial charge in [-0.05, 0) is 32.7 Å². The van der Waals surface area contributed by atoms with E-state index in [2.05, 4.69) is 5.32 Å². The molecule has 14 heavy (non-hydrogen) atoms. The molecular weight excluding hydrogens is 188 g/mol. The molecule has 1 aliphatic carbocycles. The average molecular weight is 207 g/mol. The Bertz CT molecular complexity index is 172. The lowest BCUT2D eigenvalue weighted by molar-refractivity contribution is -0.111. The second-order valence-electron chi connectivity index (χ2n) is 4.09. The van der Waals surface area contributed by atoms with E-state index < -0.39 is 12.5 Å². The number of alkyl halides is 2. The van der Waals surface area contributed by atoms with Crippen LogP contribution in [0.3, 0.4) is 0 Å². The maximum absolute atomic E-state index is 13.0. The monoisotopic (exact) mass is 207 g/mol. The molecule has 0 saturated heterocycles. The normalized spacial score (nSPS) is 20.6. The van der Waals surface area contributed by atoms with Crippen LogP contribution >= 0.6 is 0 Å². The van der Waals surface area contributed by atoms with Gasteiger partial charge in [-0.3, -0.25) is 0 Å². The number of hydrogen-bond acceptors (Lipinski definition) is 2. The molecule has 1 N–H and O–H groups in total. The molecule has 1 saturated carbocycles. The Labute approximate surface area is 84.0 Å². The van der Waals surface area contributed by atoms with Crippen molar-refractivity contribution in [3.05, 3.63) is 0 Å². The fraction of sp³-hybridized carbons (Fsp3) is 1.00. The van der Waals surface area contributed by atoms with Gasteiger partial charge in [-0.25, -0.2) is 8.78 Å². The smallest absolute Gasteiger partial charge is 0.283 e. The van der Waals surface area contributed by atoms with Crippen LogP contribution in [0.5, 0.6) is 0 Å². The fourth-order valence-electron chi connectivity index (χ4n) is 1.61. The Hall–Kier alpha value is -0.220. The van der Waals surface area contributed by atoms with Gasteiger partial charge in [0.15, 0.2) is 0 Å². The Balaban J connectivity index is 2.17. The van der Waals surface area contributed by atoms with E-state index in [1.807, 2.05) is 6.92 Å². The molecule has 1 fully saturated rings. The molecule has 1 unspecified atom stereocenters. The van der Waals surface area contributed by atoms with Gasteiger partial charge in [0.05, 0.1) is 12.6 Å². The first kappa shape index (κ1) is 11.9. The molecule has 0 aliphatic heterocycles. The second kappa shape index (κ2) is 5.03. The summed E-state index contributed by atoms with van der Waals surface area (Å²) in [4.78, 5) is 0. The van der Waals surface area contributed by atoms with Crippen LogP contribution in [0, 0.1) is 5.92 Å². The highest BCUT2D eigenvalue weighted by Crippen LogP contribution is 2.31. The van der Waals surface area contributed by atoms with Crippen LogP contribution in [0.4, 0.5) is 8.78 Å². The molecule has 2 nitrogen and oxygen atoms in total. The Morgan fingerprint density at radius 1 is 1.50 bits per heavy atom. The molecule has 0 spiro atoms. The zero-order valence-corrected chi connectivity index (χ0v) is 8.85. The Kier molecular flexibility index (Phi) is 4.26. The molecule has 1 atom stereocenters. The molecule has 0 aromatic carbocycles. The standard InChI is InChI=1S/C10H19F2NO/c1-8(9-4-3-5-9)14-7-10(11,12)6-13-2/h8-9,13H,3-7H2,1-2H3. The van der Waals surface area contributed by atoms with E-state index >= 15 is 0 Å². The first-order valence-corrected chi connectivity index (χ1v) is 5.19. The minimum atomic E-state index is -2.74. The van der Waals surface area contributed by atoms with Gasteiger partial charge in [-0.2, -0.15) is 0 Å². The van der Waals surface area contributed by atoms with Crippen molar-refractivity contribution in [3.63, 3.8) is 0 Å². The minimum Gasteiger partial charge on any atom is -0.372 e. The lowest BCUT2D eigenvalue weighted by atomic mass is 9.82. The summed E-state index contributed by atoms with van der Waals surface area (Å²) in [5, 5.41) is 2.46. The first-order valence-electron chi connectivity index (χ1n) is 5.19. The summed E-state index contributed by atoms with van der Waals surface area (Å²) in [6.45, 7) is 1.11. The van der Waals surface area contributed by atoms with Crippen molar-refractivity contribution < 1.29 is 13.5 Å². The summed E-state index contributed by atoms with van der Waals surface area (Å²) in [7, 11) is 1.52. The van der Waals surface area contributed by atoms with Crippen LogP contribution in [-0.2, 0) is 4.74 Å². The number of rotatable bonds is 6. The van der Waals surface area contributed by atoms with Crippen LogP contribution in [0.15, 0.2) is 0 Å². The zero-order valence-electron chi connectivity index (χ0n) is 8.85. The highest BCUT2D eigenvalue weighted by Gasteiger charge is 2.31. The summed E-state index contributed by atoms with van der Waals surface area (Å²) in [5.41, 5.74) is 0. The van der Waals surface area contributed by atoms with E-state index in [1.165, 1.54) is 13.5 Å².